The van der Waals surface area contributed by atoms with Crippen LogP contribution in [0.3, 0.4) is 0 Å². The number of alkyl halides is 1. The fourth-order valence-electron chi connectivity index (χ4n) is 1.59. The van der Waals surface area contributed by atoms with Gasteiger partial charge < -0.3 is 0 Å². The Morgan fingerprint density at radius 2 is 1.67 bits per heavy atom. The molecule has 2 aromatic carbocycles. The number of rotatable bonds is 2. The minimum absolute atomic E-state index is 0.0425. The molecule has 0 fully saturated rings. The Hall–Kier alpha value is -0.830. The van der Waals surface area contributed by atoms with E-state index in [-0.39, 0.29) is 5.56 Å². The summed E-state index contributed by atoms with van der Waals surface area (Å²) in [6, 6.07) is 8.53. The molecule has 0 amide bonds. The molecule has 2 aromatic rings. The molecule has 0 aliphatic carbocycles. The van der Waals surface area contributed by atoms with E-state index in [9.17, 15) is 8.78 Å². The summed E-state index contributed by atoms with van der Waals surface area (Å²) in [6.07, 6.45) is 0. The zero-order chi connectivity index (χ0) is 13.3. The minimum Gasteiger partial charge on any atom is -0.204 e. The lowest BCUT2D eigenvalue weighted by Crippen LogP contribution is -2.00. The number of hydrogen-bond donors (Lipinski definition) is 0. The molecule has 0 saturated heterocycles. The minimum atomic E-state index is -0.969. The van der Waals surface area contributed by atoms with Crippen LogP contribution in [-0.4, -0.2) is 0 Å². The van der Waals surface area contributed by atoms with E-state index in [0.717, 1.165) is 6.07 Å². The van der Waals surface area contributed by atoms with Gasteiger partial charge in [0.2, 0.25) is 0 Å². The van der Waals surface area contributed by atoms with Gasteiger partial charge in [-0.2, -0.15) is 0 Å². The molecule has 0 aliphatic rings. The van der Waals surface area contributed by atoms with Crippen LogP contribution in [-0.2, 0) is 0 Å². The van der Waals surface area contributed by atoms with Crippen LogP contribution in [0.4, 0.5) is 8.78 Å². The molecule has 94 valence electrons. The highest BCUT2D eigenvalue weighted by Gasteiger charge is 2.19. The number of benzene rings is 2. The molecule has 0 aliphatic heterocycles. The van der Waals surface area contributed by atoms with Gasteiger partial charge >= 0.3 is 0 Å². The van der Waals surface area contributed by atoms with E-state index in [1.165, 1.54) is 18.2 Å². The molecule has 18 heavy (non-hydrogen) atoms. The molecule has 1 unspecified atom stereocenters. The molecule has 0 saturated carbocycles. The van der Waals surface area contributed by atoms with Crippen molar-refractivity contribution in [3.8, 4) is 0 Å². The van der Waals surface area contributed by atoms with Gasteiger partial charge in [0.15, 0.2) is 11.6 Å². The normalized spacial score (nSPS) is 12.5. The zero-order valence-corrected chi connectivity index (χ0v) is 11.2. The van der Waals surface area contributed by atoms with Crippen LogP contribution in [0.25, 0.3) is 0 Å². The first-order valence-electron chi connectivity index (χ1n) is 5.03. The molecule has 0 radical (unpaired) electrons. The average molecular weight is 308 g/mol. The summed E-state index contributed by atoms with van der Waals surface area (Å²) in [5, 5.41) is -0.107. The monoisotopic (exact) mass is 306 g/mol. The summed E-state index contributed by atoms with van der Waals surface area (Å²) in [7, 11) is 0. The molecule has 2 rings (SSSR count). The van der Waals surface area contributed by atoms with Gasteiger partial charge in [0.05, 0.1) is 5.38 Å². The molecule has 0 bridgehead atoms. The smallest absolute Gasteiger partial charge is 0.163 e. The second-order valence-electron chi connectivity index (χ2n) is 3.67. The van der Waals surface area contributed by atoms with E-state index in [1.807, 2.05) is 0 Å². The standard InChI is InChI=1S/C13H7Cl3F2/c14-7-4-5-8(10(15)6-7)12(16)9-2-1-3-11(17)13(9)18/h1-6,12H. The fraction of sp³-hybridized carbons (Fsp3) is 0.0769. The molecule has 0 heterocycles. The quantitative estimate of drug-likeness (QED) is 0.633. The predicted molar refractivity (Wildman–Crippen MR) is 70.5 cm³/mol. The summed E-state index contributed by atoms with van der Waals surface area (Å²) >= 11 is 17.9. The second kappa shape index (κ2) is 5.43. The summed E-state index contributed by atoms with van der Waals surface area (Å²) in [5.41, 5.74) is 0.521. The average Bonchev–Trinajstić information content (AvgIpc) is 2.32. The highest BCUT2D eigenvalue weighted by atomic mass is 35.5. The molecule has 1 atom stereocenters. The van der Waals surface area contributed by atoms with Crippen LogP contribution in [0.5, 0.6) is 0 Å². The van der Waals surface area contributed by atoms with Crippen molar-refractivity contribution < 1.29 is 8.78 Å². The van der Waals surface area contributed by atoms with E-state index in [1.54, 1.807) is 12.1 Å². The van der Waals surface area contributed by atoms with Gasteiger partial charge in [-0.15, -0.1) is 11.6 Å². The maximum absolute atomic E-state index is 13.6. The first-order chi connectivity index (χ1) is 8.50. The molecule has 0 spiro atoms. The summed E-state index contributed by atoms with van der Waals surface area (Å²) in [4.78, 5) is 0. The first kappa shape index (κ1) is 13.6. The lowest BCUT2D eigenvalue weighted by molar-refractivity contribution is 0.500. The van der Waals surface area contributed by atoms with Crippen molar-refractivity contribution >= 4 is 34.8 Å². The Bertz CT molecular complexity index is 584. The molecule has 5 heteroatoms. The molecule has 0 N–H and O–H groups in total. The SMILES string of the molecule is Fc1cccc(C(Cl)c2ccc(Cl)cc2Cl)c1F. The van der Waals surface area contributed by atoms with Gasteiger partial charge in [-0.1, -0.05) is 41.4 Å². The van der Waals surface area contributed by atoms with Gasteiger partial charge in [-0.05, 0) is 23.8 Å². The van der Waals surface area contributed by atoms with Crippen molar-refractivity contribution in [2.45, 2.75) is 5.38 Å². The Morgan fingerprint density at radius 3 is 2.33 bits per heavy atom. The Labute approximate surface area is 118 Å². The number of hydrogen-bond acceptors (Lipinski definition) is 0. The second-order valence-corrected chi connectivity index (χ2v) is 4.95. The lowest BCUT2D eigenvalue weighted by Gasteiger charge is -2.13. The van der Waals surface area contributed by atoms with E-state index < -0.39 is 17.0 Å². The van der Waals surface area contributed by atoms with Gasteiger partial charge in [0.1, 0.15) is 0 Å². The van der Waals surface area contributed by atoms with Crippen LogP contribution in [0.1, 0.15) is 16.5 Å². The van der Waals surface area contributed by atoms with Crippen LogP contribution >= 0.6 is 34.8 Å². The van der Waals surface area contributed by atoms with E-state index >= 15 is 0 Å². The van der Waals surface area contributed by atoms with Crippen molar-refractivity contribution in [3.63, 3.8) is 0 Å². The molecular formula is C13H7Cl3F2. The lowest BCUT2D eigenvalue weighted by atomic mass is 10.0. The summed E-state index contributed by atoms with van der Waals surface area (Å²) < 4.78 is 26.8. The molecular weight excluding hydrogens is 300 g/mol. The van der Waals surface area contributed by atoms with E-state index in [2.05, 4.69) is 0 Å². The third-order valence-electron chi connectivity index (χ3n) is 2.49. The van der Waals surface area contributed by atoms with Crippen LogP contribution in [0.15, 0.2) is 36.4 Å². The summed E-state index contributed by atoms with van der Waals surface area (Å²) in [5.74, 6) is -1.91. The van der Waals surface area contributed by atoms with Crippen LogP contribution in [0.2, 0.25) is 10.0 Å². The predicted octanol–water partition coefficient (Wildman–Crippen LogP) is 5.60. The van der Waals surface area contributed by atoms with E-state index in [0.29, 0.717) is 15.6 Å². The third-order valence-corrected chi connectivity index (χ3v) is 3.52. The maximum Gasteiger partial charge on any atom is 0.163 e. The Morgan fingerprint density at radius 1 is 0.944 bits per heavy atom. The molecule has 0 aromatic heterocycles. The van der Waals surface area contributed by atoms with Crippen LogP contribution in [0, 0.1) is 11.6 Å². The van der Waals surface area contributed by atoms with Crippen molar-refractivity contribution in [2.24, 2.45) is 0 Å². The van der Waals surface area contributed by atoms with Crippen molar-refractivity contribution in [1.29, 1.82) is 0 Å². The van der Waals surface area contributed by atoms with Gasteiger partial charge in [0.25, 0.3) is 0 Å². The molecule has 0 nitrogen and oxygen atoms in total. The Kier molecular flexibility index (Phi) is 4.10. The highest BCUT2D eigenvalue weighted by molar-refractivity contribution is 6.36. The van der Waals surface area contributed by atoms with Crippen molar-refractivity contribution in [2.75, 3.05) is 0 Å². The van der Waals surface area contributed by atoms with Crippen molar-refractivity contribution in [3.05, 3.63) is 69.2 Å². The van der Waals surface area contributed by atoms with E-state index in [4.69, 9.17) is 34.8 Å². The first-order valence-corrected chi connectivity index (χ1v) is 6.23. The topological polar surface area (TPSA) is 0 Å². The fourth-order valence-corrected chi connectivity index (χ4v) is 2.52. The number of halogens is 5. The maximum atomic E-state index is 13.6. The van der Waals surface area contributed by atoms with Crippen molar-refractivity contribution in [1.82, 2.24) is 0 Å². The third kappa shape index (κ3) is 2.61. The summed E-state index contributed by atoms with van der Waals surface area (Å²) in [6.45, 7) is 0. The largest absolute Gasteiger partial charge is 0.204 e. The van der Waals surface area contributed by atoms with Gasteiger partial charge in [-0.3, -0.25) is 0 Å². The zero-order valence-electron chi connectivity index (χ0n) is 8.93. The van der Waals surface area contributed by atoms with Gasteiger partial charge in [-0.25, -0.2) is 8.78 Å². The highest BCUT2D eigenvalue weighted by Crippen LogP contribution is 2.36. The van der Waals surface area contributed by atoms with Gasteiger partial charge in [0, 0.05) is 15.6 Å². The Balaban J connectivity index is 2.48. The van der Waals surface area contributed by atoms with Crippen LogP contribution < -0.4 is 0 Å².